The highest BCUT2D eigenvalue weighted by molar-refractivity contribution is 7.89. The number of carbonyl (C=O) groups is 1. The van der Waals surface area contributed by atoms with Gasteiger partial charge in [-0.15, -0.1) is 0 Å². The maximum atomic E-state index is 12.4. The van der Waals surface area contributed by atoms with Gasteiger partial charge in [0.15, 0.2) is 0 Å². The number of aromatic nitrogens is 2. The zero-order valence-electron chi connectivity index (χ0n) is 15.0. The summed E-state index contributed by atoms with van der Waals surface area (Å²) in [6, 6.07) is 9.48. The van der Waals surface area contributed by atoms with E-state index in [0.29, 0.717) is 17.9 Å². The molecule has 1 unspecified atom stereocenters. The van der Waals surface area contributed by atoms with Crippen molar-refractivity contribution in [2.75, 3.05) is 18.5 Å². The van der Waals surface area contributed by atoms with Gasteiger partial charge in [0.05, 0.1) is 22.9 Å². The van der Waals surface area contributed by atoms with E-state index >= 15 is 0 Å². The normalized spacial score (nSPS) is 17.1. The molecule has 0 radical (unpaired) electrons. The minimum atomic E-state index is -3.64. The summed E-state index contributed by atoms with van der Waals surface area (Å²) in [6.45, 7) is 0.919. The topological polar surface area (TPSA) is 113 Å². The zero-order valence-corrected chi connectivity index (χ0v) is 15.8. The fourth-order valence-electron chi connectivity index (χ4n) is 3.09. The van der Waals surface area contributed by atoms with Gasteiger partial charge in [-0.25, -0.2) is 18.1 Å². The van der Waals surface area contributed by atoms with Crippen LogP contribution < -0.4 is 10.0 Å². The van der Waals surface area contributed by atoms with E-state index in [4.69, 9.17) is 4.74 Å². The van der Waals surface area contributed by atoms with Gasteiger partial charge in [0, 0.05) is 30.3 Å². The first kappa shape index (κ1) is 18.6. The van der Waals surface area contributed by atoms with Crippen molar-refractivity contribution in [1.29, 1.82) is 0 Å². The van der Waals surface area contributed by atoms with Gasteiger partial charge in [-0.2, -0.15) is 0 Å². The first-order valence-corrected chi connectivity index (χ1v) is 10.5. The monoisotopic (exact) mass is 400 g/mol. The smallest absolute Gasteiger partial charge is 0.255 e. The van der Waals surface area contributed by atoms with Crippen molar-refractivity contribution in [2.45, 2.75) is 23.8 Å². The van der Waals surface area contributed by atoms with Gasteiger partial charge < -0.3 is 15.0 Å². The summed E-state index contributed by atoms with van der Waals surface area (Å²) in [4.78, 5) is 19.7. The van der Waals surface area contributed by atoms with Crippen molar-refractivity contribution in [1.82, 2.24) is 14.7 Å². The van der Waals surface area contributed by atoms with E-state index in [1.54, 1.807) is 12.4 Å². The minimum Gasteiger partial charge on any atom is -0.377 e. The van der Waals surface area contributed by atoms with Gasteiger partial charge in [-0.1, -0.05) is 0 Å². The molecular weight excluding hydrogens is 380 g/mol. The van der Waals surface area contributed by atoms with Crippen molar-refractivity contribution in [3.63, 3.8) is 0 Å². The van der Waals surface area contributed by atoms with Gasteiger partial charge >= 0.3 is 0 Å². The van der Waals surface area contributed by atoms with Crippen LogP contribution in [-0.4, -0.2) is 43.5 Å². The van der Waals surface area contributed by atoms with E-state index in [9.17, 15) is 13.2 Å². The number of ether oxygens (including phenoxy) is 1. The van der Waals surface area contributed by atoms with Crippen LogP contribution in [0.3, 0.4) is 0 Å². The maximum Gasteiger partial charge on any atom is 0.255 e. The van der Waals surface area contributed by atoms with E-state index in [-0.39, 0.29) is 23.5 Å². The molecule has 3 N–H and O–H groups in total. The fraction of sp³-hybridized carbons (Fsp3) is 0.263. The number of benzene rings is 1. The molecule has 1 fully saturated rings. The second-order valence-corrected chi connectivity index (χ2v) is 8.37. The fourth-order valence-corrected chi connectivity index (χ4v) is 4.15. The Hall–Kier alpha value is -2.75. The van der Waals surface area contributed by atoms with Crippen molar-refractivity contribution >= 4 is 32.7 Å². The summed E-state index contributed by atoms with van der Waals surface area (Å²) in [7, 11) is -3.64. The lowest BCUT2D eigenvalue weighted by atomic mass is 10.2. The third-order valence-corrected chi connectivity index (χ3v) is 6.05. The summed E-state index contributed by atoms with van der Waals surface area (Å²) < 4.78 is 32.7. The Kier molecular flexibility index (Phi) is 5.12. The molecule has 0 spiro atoms. The van der Waals surface area contributed by atoms with E-state index in [2.05, 4.69) is 20.0 Å². The van der Waals surface area contributed by atoms with E-state index in [1.165, 1.54) is 24.3 Å². The first-order valence-electron chi connectivity index (χ1n) is 8.97. The Morgan fingerprint density at radius 1 is 1.25 bits per heavy atom. The van der Waals surface area contributed by atoms with E-state index in [0.717, 1.165) is 23.9 Å². The second kappa shape index (κ2) is 7.70. The van der Waals surface area contributed by atoms with Crippen molar-refractivity contribution in [3.8, 4) is 0 Å². The Morgan fingerprint density at radius 3 is 2.82 bits per heavy atom. The largest absolute Gasteiger partial charge is 0.377 e. The van der Waals surface area contributed by atoms with Crippen LogP contribution in [0.2, 0.25) is 0 Å². The Bertz CT molecular complexity index is 1090. The Morgan fingerprint density at radius 2 is 2.07 bits per heavy atom. The molecule has 3 aromatic rings. The number of sulfonamides is 1. The van der Waals surface area contributed by atoms with Gasteiger partial charge in [0.1, 0.15) is 5.65 Å². The third kappa shape index (κ3) is 4.06. The summed E-state index contributed by atoms with van der Waals surface area (Å²) in [5.74, 6) is -0.340. The number of hydrogen-bond donors (Lipinski definition) is 3. The molecule has 1 saturated heterocycles. The summed E-state index contributed by atoms with van der Waals surface area (Å²) in [5.41, 5.74) is 1.65. The van der Waals surface area contributed by atoms with Crippen LogP contribution in [0.15, 0.2) is 53.7 Å². The predicted octanol–water partition coefficient (Wildman–Crippen LogP) is 2.27. The molecule has 0 saturated carbocycles. The number of aromatic amines is 1. The lowest BCUT2D eigenvalue weighted by Crippen LogP contribution is -2.31. The number of nitrogens with one attached hydrogen (secondary N) is 3. The summed E-state index contributed by atoms with van der Waals surface area (Å²) in [5, 5.41) is 3.65. The molecule has 1 aromatic carbocycles. The van der Waals surface area contributed by atoms with Crippen molar-refractivity contribution in [3.05, 3.63) is 54.4 Å². The van der Waals surface area contributed by atoms with Crippen LogP contribution in [0, 0.1) is 0 Å². The standard InChI is InChI=1S/C19H20N4O4S/c24-19(23-15-10-14-7-8-20-18(14)21-11-15)13-3-5-17(6-4-13)28(25,26)22-12-16-2-1-9-27-16/h3-8,10-11,16,22H,1-2,9,12H2,(H,20,21)(H,23,24). The van der Waals surface area contributed by atoms with Gasteiger partial charge in [0.2, 0.25) is 10.0 Å². The third-order valence-electron chi connectivity index (χ3n) is 4.61. The lowest BCUT2D eigenvalue weighted by molar-refractivity contribution is 0.102. The van der Waals surface area contributed by atoms with Crippen LogP contribution >= 0.6 is 0 Å². The SMILES string of the molecule is O=C(Nc1cnc2[nH]ccc2c1)c1ccc(S(=O)(=O)NCC2CCCO2)cc1. The highest BCUT2D eigenvalue weighted by Crippen LogP contribution is 2.17. The summed E-state index contributed by atoms with van der Waals surface area (Å²) in [6.07, 6.45) is 5.05. The minimum absolute atomic E-state index is 0.0780. The molecule has 1 amide bonds. The Labute approximate surface area is 162 Å². The molecule has 1 atom stereocenters. The number of carbonyl (C=O) groups excluding carboxylic acids is 1. The quantitative estimate of drug-likeness (QED) is 0.587. The molecule has 9 heteroatoms. The van der Waals surface area contributed by atoms with Crippen LogP contribution in [0.4, 0.5) is 5.69 Å². The Balaban J connectivity index is 1.42. The first-order chi connectivity index (χ1) is 13.5. The highest BCUT2D eigenvalue weighted by atomic mass is 32.2. The number of H-pyrrole nitrogens is 1. The van der Waals surface area contributed by atoms with Crippen molar-refractivity contribution in [2.24, 2.45) is 0 Å². The van der Waals surface area contributed by atoms with E-state index < -0.39 is 10.0 Å². The molecule has 3 heterocycles. The maximum absolute atomic E-state index is 12.4. The molecule has 0 bridgehead atoms. The zero-order chi connectivity index (χ0) is 19.6. The lowest BCUT2D eigenvalue weighted by Gasteiger charge is -2.11. The predicted molar refractivity (Wildman–Crippen MR) is 105 cm³/mol. The van der Waals surface area contributed by atoms with Crippen LogP contribution in [0.5, 0.6) is 0 Å². The van der Waals surface area contributed by atoms with Crippen LogP contribution in [0.25, 0.3) is 11.0 Å². The van der Waals surface area contributed by atoms with Gasteiger partial charge in [0.25, 0.3) is 5.91 Å². The molecule has 1 aliphatic heterocycles. The average Bonchev–Trinajstić information content (AvgIpc) is 3.38. The number of anilines is 1. The van der Waals surface area contributed by atoms with Crippen LogP contribution in [0.1, 0.15) is 23.2 Å². The van der Waals surface area contributed by atoms with Gasteiger partial charge in [-0.05, 0) is 49.2 Å². The van der Waals surface area contributed by atoms with Crippen molar-refractivity contribution < 1.29 is 17.9 Å². The number of nitrogens with zero attached hydrogens (tertiary/aromatic N) is 1. The van der Waals surface area contributed by atoms with Crippen LogP contribution in [-0.2, 0) is 14.8 Å². The molecular formula is C19H20N4O4S. The number of pyridine rings is 1. The average molecular weight is 400 g/mol. The van der Waals surface area contributed by atoms with E-state index in [1.807, 2.05) is 12.1 Å². The van der Waals surface area contributed by atoms with Gasteiger partial charge in [-0.3, -0.25) is 4.79 Å². The number of amides is 1. The molecule has 2 aromatic heterocycles. The molecule has 0 aliphatic carbocycles. The molecule has 146 valence electrons. The number of hydrogen-bond acceptors (Lipinski definition) is 5. The number of rotatable bonds is 6. The molecule has 1 aliphatic rings. The summed E-state index contributed by atoms with van der Waals surface area (Å²) >= 11 is 0. The number of fused-ring (bicyclic) bond motifs is 1. The molecule has 8 nitrogen and oxygen atoms in total. The molecule has 4 rings (SSSR count). The second-order valence-electron chi connectivity index (χ2n) is 6.60. The highest BCUT2D eigenvalue weighted by Gasteiger charge is 2.20. The molecule has 28 heavy (non-hydrogen) atoms.